The van der Waals surface area contributed by atoms with Crippen molar-refractivity contribution >= 4 is 47.3 Å². The zero-order valence-corrected chi connectivity index (χ0v) is 21.3. The lowest BCUT2D eigenvalue weighted by atomic mass is 10.1. The molecule has 0 heterocycles. The molecular formula is C20H38N8O7S. The molecule has 4 amide bonds. The van der Waals surface area contributed by atoms with Crippen LogP contribution < -0.4 is 38.9 Å². The average Bonchev–Trinajstić information content (AvgIpc) is 2.78. The van der Waals surface area contributed by atoms with Gasteiger partial charge in [-0.15, -0.1) is 0 Å². The van der Waals surface area contributed by atoms with Gasteiger partial charge in [0.2, 0.25) is 23.6 Å². The molecule has 36 heavy (non-hydrogen) atoms. The molecule has 0 aliphatic carbocycles. The van der Waals surface area contributed by atoms with Gasteiger partial charge < -0.3 is 49.1 Å². The maximum absolute atomic E-state index is 12.8. The summed E-state index contributed by atoms with van der Waals surface area (Å²) in [6.45, 7) is 1.49. The highest BCUT2D eigenvalue weighted by Gasteiger charge is 2.32. The maximum atomic E-state index is 12.8. The average molecular weight is 535 g/mol. The van der Waals surface area contributed by atoms with Crippen LogP contribution in [0.25, 0.3) is 0 Å². The fourth-order valence-corrected chi connectivity index (χ4v) is 3.37. The maximum Gasteiger partial charge on any atom is 0.326 e. The number of aliphatic imine (C=N–C) groups is 1. The molecule has 0 aliphatic rings. The molecule has 0 radical (unpaired) electrons. The Balaban J connectivity index is 5.36. The summed E-state index contributed by atoms with van der Waals surface area (Å²) in [7, 11) is 0. The largest absolute Gasteiger partial charge is 0.480 e. The van der Waals surface area contributed by atoms with Crippen molar-refractivity contribution < 1.29 is 34.2 Å². The molecular weight excluding hydrogens is 496 g/mol. The summed E-state index contributed by atoms with van der Waals surface area (Å²) >= 11 is 1.39. The Labute approximate surface area is 213 Å². The second-order valence-electron chi connectivity index (χ2n) is 8.03. The summed E-state index contributed by atoms with van der Waals surface area (Å²) < 4.78 is 0. The fourth-order valence-electron chi connectivity index (χ4n) is 2.90. The Morgan fingerprint density at radius 3 is 2.03 bits per heavy atom. The van der Waals surface area contributed by atoms with Gasteiger partial charge in [0.25, 0.3) is 0 Å². The van der Waals surface area contributed by atoms with Crippen LogP contribution in [0.1, 0.15) is 39.0 Å². The SMILES string of the molecule is CSCCC(NC(=O)C(CCC(N)=O)NC(=O)C(NC(=O)C(N)CCCN=C(N)N)C(C)O)C(=O)O. The highest BCUT2D eigenvalue weighted by molar-refractivity contribution is 7.98. The van der Waals surface area contributed by atoms with Crippen LogP contribution in [0.3, 0.4) is 0 Å². The molecule has 5 atom stereocenters. The van der Waals surface area contributed by atoms with Gasteiger partial charge in [-0.1, -0.05) is 0 Å². The molecule has 15 nitrogen and oxygen atoms in total. The van der Waals surface area contributed by atoms with Crippen molar-refractivity contribution in [1.82, 2.24) is 16.0 Å². The van der Waals surface area contributed by atoms with Crippen molar-refractivity contribution in [2.75, 3.05) is 18.6 Å². The van der Waals surface area contributed by atoms with Gasteiger partial charge in [0, 0.05) is 13.0 Å². The second kappa shape index (κ2) is 17.3. The number of guanidine groups is 1. The van der Waals surface area contributed by atoms with Gasteiger partial charge >= 0.3 is 5.97 Å². The number of amides is 4. The molecule has 0 bridgehead atoms. The van der Waals surface area contributed by atoms with E-state index in [0.29, 0.717) is 12.2 Å². The van der Waals surface area contributed by atoms with Gasteiger partial charge in [-0.05, 0) is 44.6 Å². The molecule has 206 valence electrons. The lowest BCUT2D eigenvalue weighted by molar-refractivity contribution is -0.142. The molecule has 0 aromatic carbocycles. The number of nitrogens with zero attached hydrogens (tertiary/aromatic N) is 1. The van der Waals surface area contributed by atoms with E-state index in [1.165, 1.54) is 18.7 Å². The number of primary amides is 1. The van der Waals surface area contributed by atoms with E-state index in [-0.39, 0.29) is 38.2 Å². The summed E-state index contributed by atoms with van der Waals surface area (Å²) in [5.74, 6) is -4.18. The van der Waals surface area contributed by atoms with E-state index in [4.69, 9.17) is 22.9 Å². The number of thioether (sulfide) groups is 1. The molecule has 0 aromatic rings. The number of aliphatic hydroxyl groups excluding tert-OH is 1. The lowest BCUT2D eigenvalue weighted by Gasteiger charge is -2.26. The third-order valence-corrected chi connectivity index (χ3v) is 5.55. The molecule has 0 saturated carbocycles. The third-order valence-electron chi connectivity index (χ3n) is 4.90. The first-order chi connectivity index (χ1) is 16.8. The molecule has 0 aliphatic heterocycles. The quantitative estimate of drug-likeness (QED) is 0.0468. The van der Waals surface area contributed by atoms with E-state index in [1.54, 1.807) is 6.26 Å². The number of carbonyl (C=O) groups is 5. The first-order valence-electron chi connectivity index (χ1n) is 11.2. The molecule has 0 saturated heterocycles. The summed E-state index contributed by atoms with van der Waals surface area (Å²) in [6.07, 6.45) is 0.584. The smallest absolute Gasteiger partial charge is 0.326 e. The van der Waals surface area contributed by atoms with Crippen LogP contribution in [0.5, 0.6) is 0 Å². The van der Waals surface area contributed by atoms with Crippen molar-refractivity contribution in [3.05, 3.63) is 0 Å². The Morgan fingerprint density at radius 1 is 0.917 bits per heavy atom. The summed E-state index contributed by atoms with van der Waals surface area (Å²) in [5, 5.41) is 26.4. The number of hydrogen-bond donors (Lipinski definition) is 9. The molecule has 13 N–H and O–H groups in total. The van der Waals surface area contributed by atoms with Gasteiger partial charge in [-0.25, -0.2) is 4.79 Å². The van der Waals surface area contributed by atoms with E-state index in [0.717, 1.165) is 0 Å². The fraction of sp³-hybridized carbons (Fsp3) is 0.700. The zero-order chi connectivity index (χ0) is 27.8. The van der Waals surface area contributed by atoms with Crippen LogP contribution in [0, 0.1) is 0 Å². The number of carboxylic acid groups (broad SMARTS) is 1. The van der Waals surface area contributed by atoms with Gasteiger partial charge in [0.1, 0.15) is 18.1 Å². The summed E-state index contributed by atoms with van der Waals surface area (Å²) in [6, 6.07) is -5.10. The van der Waals surface area contributed by atoms with E-state index in [2.05, 4.69) is 20.9 Å². The number of carboxylic acids is 1. The minimum absolute atomic E-state index is 0.104. The van der Waals surface area contributed by atoms with Crippen LogP contribution in [-0.4, -0.2) is 94.6 Å². The molecule has 5 unspecified atom stereocenters. The molecule has 16 heteroatoms. The number of nitrogens with two attached hydrogens (primary N) is 4. The number of rotatable bonds is 18. The van der Waals surface area contributed by atoms with Gasteiger partial charge in [-0.2, -0.15) is 11.8 Å². The van der Waals surface area contributed by atoms with Crippen molar-refractivity contribution in [2.24, 2.45) is 27.9 Å². The van der Waals surface area contributed by atoms with Crippen molar-refractivity contribution in [3.8, 4) is 0 Å². The highest BCUT2D eigenvalue weighted by Crippen LogP contribution is 2.06. The Kier molecular flexibility index (Phi) is 15.8. The lowest BCUT2D eigenvalue weighted by Crippen LogP contribution is -2.59. The van der Waals surface area contributed by atoms with E-state index in [1.807, 2.05) is 0 Å². The predicted molar refractivity (Wildman–Crippen MR) is 134 cm³/mol. The van der Waals surface area contributed by atoms with E-state index >= 15 is 0 Å². The number of carbonyl (C=O) groups excluding carboxylic acids is 4. The number of nitrogens with one attached hydrogen (secondary N) is 3. The predicted octanol–water partition coefficient (Wildman–Crippen LogP) is -3.69. The van der Waals surface area contributed by atoms with Crippen molar-refractivity contribution in [2.45, 2.75) is 69.3 Å². The molecule has 0 fully saturated rings. The Hall–Kier alpha value is -3.11. The van der Waals surface area contributed by atoms with E-state index < -0.39 is 59.9 Å². The third kappa shape index (κ3) is 13.7. The van der Waals surface area contributed by atoms with Crippen molar-refractivity contribution in [1.29, 1.82) is 0 Å². The highest BCUT2D eigenvalue weighted by atomic mass is 32.2. The van der Waals surface area contributed by atoms with Crippen molar-refractivity contribution in [3.63, 3.8) is 0 Å². The monoisotopic (exact) mass is 534 g/mol. The number of aliphatic carboxylic acids is 1. The Bertz CT molecular complexity index is 792. The molecule has 0 aromatic heterocycles. The number of aliphatic hydroxyl groups is 1. The van der Waals surface area contributed by atoms with Crippen LogP contribution >= 0.6 is 11.8 Å². The standard InChI is InChI=1S/C20H38N8O7S/c1-10(29)15(28-16(31)11(21)4-3-8-25-20(23)24)18(33)26-12(5-6-14(22)30)17(32)27-13(19(34)35)7-9-36-2/h10-13,15,29H,3-9,21H2,1-2H3,(H2,22,30)(H,26,33)(H,27,32)(H,28,31)(H,34,35)(H4,23,24,25). The molecule has 0 spiro atoms. The second-order valence-corrected chi connectivity index (χ2v) is 9.01. The molecule has 0 rings (SSSR count). The summed E-state index contributed by atoms with van der Waals surface area (Å²) in [4.78, 5) is 64.5. The number of hydrogen-bond acceptors (Lipinski definition) is 9. The van der Waals surface area contributed by atoms with Crippen LogP contribution in [-0.2, 0) is 24.0 Å². The summed E-state index contributed by atoms with van der Waals surface area (Å²) in [5.41, 5.74) is 21.4. The van der Waals surface area contributed by atoms with Crippen LogP contribution in [0.4, 0.5) is 0 Å². The topological polar surface area (TPSA) is 278 Å². The van der Waals surface area contributed by atoms with Crippen LogP contribution in [0.2, 0.25) is 0 Å². The Morgan fingerprint density at radius 2 is 1.53 bits per heavy atom. The first kappa shape index (κ1) is 32.9. The van der Waals surface area contributed by atoms with Crippen LogP contribution in [0.15, 0.2) is 4.99 Å². The first-order valence-corrected chi connectivity index (χ1v) is 12.6. The zero-order valence-electron chi connectivity index (χ0n) is 20.4. The van der Waals surface area contributed by atoms with E-state index in [9.17, 15) is 34.2 Å². The minimum Gasteiger partial charge on any atom is -0.480 e. The van der Waals surface area contributed by atoms with Gasteiger partial charge in [0.15, 0.2) is 5.96 Å². The van der Waals surface area contributed by atoms with Gasteiger partial charge in [0.05, 0.1) is 12.1 Å². The van der Waals surface area contributed by atoms with Gasteiger partial charge in [-0.3, -0.25) is 24.2 Å². The normalized spacial score (nSPS) is 14.9. The minimum atomic E-state index is -1.49.